The van der Waals surface area contributed by atoms with Crippen molar-refractivity contribution >= 4 is 23.9 Å². The summed E-state index contributed by atoms with van der Waals surface area (Å²) in [6, 6.07) is 13.7. The molecule has 0 aromatic heterocycles. The number of benzene rings is 2. The van der Waals surface area contributed by atoms with Gasteiger partial charge in [0, 0.05) is 12.5 Å². The van der Waals surface area contributed by atoms with Crippen molar-refractivity contribution in [1.29, 1.82) is 0 Å². The van der Waals surface area contributed by atoms with Crippen LogP contribution < -0.4 is 10.6 Å². The third-order valence-electron chi connectivity index (χ3n) is 6.60. The average molecular weight is 620 g/mol. The van der Waals surface area contributed by atoms with E-state index in [2.05, 4.69) is 16.7 Å². The van der Waals surface area contributed by atoms with E-state index in [1.807, 2.05) is 70.2 Å². The summed E-state index contributed by atoms with van der Waals surface area (Å²) >= 11 is 0. The summed E-state index contributed by atoms with van der Waals surface area (Å²) in [4.78, 5) is 55.6. The van der Waals surface area contributed by atoms with Crippen LogP contribution in [0.1, 0.15) is 90.1 Å². The van der Waals surface area contributed by atoms with Crippen molar-refractivity contribution in [1.82, 2.24) is 15.5 Å². The van der Waals surface area contributed by atoms with Gasteiger partial charge in [-0.25, -0.2) is 9.59 Å². The maximum atomic E-state index is 14.3. The lowest BCUT2D eigenvalue weighted by molar-refractivity contribution is -0.159. The molecule has 2 N–H and O–H groups in total. The summed E-state index contributed by atoms with van der Waals surface area (Å²) in [5.41, 5.74) is 1.25. The fourth-order valence-electron chi connectivity index (χ4n) is 4.69. The van der Waals surface area contributed by atoms with Crippen molar-refractivity contribution in [2.45, 2.75) is 111 Å². The highest BCUT2D eigenvalue weighted by Gasteiger charge is 2.39. The number of ether oxygens (including phenoxy) is 2. The van der Waals surface area contributed by atoms with Crippen LogP contribution in [-0.2, 0) is 30.3 Å². The van der Waals surface area contributed by atoms with E-state index in [4.69, 9.17) is 15.9 Å². The normalized spacial score (nSPS) is 13.6. The van der Waals surface area contributed by atoms with Crippen molar-refractivity contribution in [3.05, 3.63) is 70.8 Å². The maximum Gasteiger partial charge on any atom is 0.408 e. The molecule has 0 bridgehead atoms. The quantitative estimate of drug-likeness (QED) is 0.188. The Morgan fingerprint density at radius 3 is 2.00 bits per heavy atom. The van der Waals surface area contributed by atoms with Crippen LogP contribution in [0.2, 0.25) is 0 Å². The molecule has 45 heavy (non-hydrogen) atoms. The van der Waals surface area contributed by atoms with Crippen molar-refractivity contribution in [2.24, 2.45) is 5.92 Å². The minimum Gasteiger partial charge on any atom is -0.458 e. The number of carbonyl (C=O) groups excluding carboxylic acids is 4. The third-order valence-corrected chi connectivity index (χ3v) is 6.60. The highest BCUT2D eigenvalue weighted by Crippen LogP contribution is 2.27. The Hall–Kier alpha value is -4.32. The van der Waals surface area contributed by atoms with Gasteiger partial charge in [-0.2, -0.15) is 0 Å². The predicted octanol–water partition coefficient (Wildman–Crippen LogP) is 5.77. The zero-order chi connectivity index (χ0) is 34.1. The summed E-state index contributed by atoms with van der Waals surface area (Å²) in [5, 5.41) is 5.49. The number of aryl methyl sites for hydroxylation is 2. The van der Waals surface area contributed by atoms with E-state index in [9.17, 15) is 19.2 Å². The van der Waals surface area contributed by atoms with Gasteiger partial charge in [-0.05, 0) is 84.4 Å². The minimum atomic E-state index is -1.32. The molecule has 2 aromatic rings. The van der Waals surface area contributed by atoms with Gasteiger partial charge in [-0.1, -0.05) is 74.4 Å². The predicted molar refractivity (Wildman–Crippen MR) is 175 cm³/mol. The van der Waals surface area contributed by atoms with E-state index >= 15 is 0 Å². The van der Waals surface area contributed by atoms with Crippen LogP contribution in [0, 0.1) is 32.2 Å². The molecule has 244 valence electrons. The Kier molecular flexibility index (Phi) is 12.8. The molecule has 2 aromatic carbocycles. The Labute approximate surface area is 268 Å². The monoisotopic (exact) mass is 619 g/mol. The fraction of sp³-hybridized carbons (Fsp3) is 0.500. The van der Waals surface area contributed by atoms with Crippen LogP contribution in [0.3, 0.4) is 0 Å². The second-order valence-corrected chi connectivity index (χ2v) is 13.7. The minimum absolute atomic E-state index is 0.0103. The molecule has 0 heterocycles. The van der Waals surface area contributed by atoms with E-state index in [1.165, 1.54) is 0 Å². The maximum absolute atomic E-state index is 14.3. The summed E-state index contributed by atoms with van der Waals surface area (Å²) in [6.45, 7) is 17.9. The molecule has 0 spiro atoms. The first kappa shape index (κ1) is 36.9. The summed E-state index contributed by atoms with van der Waals surface area (Å²) in [7, 11) is 0. The standard InChI is InChI=1S/C36H49N3O6/c1-12-39(32(41)28(20-23(2)3)38-34(43)45-36(9,10)11)30(27-21-24(4)18-19-25(27)5)31(40)37-29(33(42)44-35(6,7)8)22-26-16-14-13-15-17-26/h1,13-19,21,23,28-30H,20,22H2,2-11H3,(H,37,40)(H,38,43). The van der Waals surface area contributed by atoms with Crippen LogP contribution >= 0.6 is 0 Å². The topological polar surface area (TPSA) is 114 Å². The number of esters is 1. The zero-order valence-corrected chi connectivity index (χ0v) is 28.3. The molecule has 3 amide bonds. The first-order valence-electron chi connectivity index (χ1n) is 15.2. The zero-order valence-electron chi connectivity index (χ0n) is 28.3. The number of hydrogen-bond acceptors (Lipinski definition) is 6. The van der Waals surface area contributed by atoms with Crippen molar-refractivity contribution in [2.75, 3.05) is 0 Å². The molecule has 0 radical (unpaired) electrons. The molecule has 9 nitrogen and oxygen atoms in total. The van der Waals surface area contributed by atoms with Gasteiger partial charge in [-0.15, -0.1) is 0 Å². The van der Waals surface area contributed by atoms with Crippen LogP contribution in [0.4, 0.5) is 4.79 Å². The highest BCUT2D eigenvalue weighted by atomic mass is 16.6. The van der Waals surface area contributed by atoms with Gasteiger partial charge < -0.3 is 20.1 Å². The molecule has 0 aliphatic carbocycles. The average Bonchev–Trinajstić information content (AvgIpc) is 2.90. The van der Waals surface area contributed by atoms with Gasteiger partial charge in [0.05, 0.1) is 0 Å². The summed E-state index contributed by atoms with van der Waals surface area (Å²) in [5.74, 6) is -1.96. The van der Waals surface area contributed by atoms with Gasteiger partial charge >= 0.3 is 12.1 Å². The number of hydrogen-bond donors (Lipinski definition) is 2. The third kappa shape index (κ3) is 11.9. The molecular formula is C36H49N3O6. The SMILES string of the molecule is C#CN(C(=O)C(CC(C)C)NC(=O)OC(C)(C)C)C(C(=O)NC(Cc1ccccc1)C(=O)OC(C)(C)C)c1cc(C)ccc1C. The van der Waals surface area contributed by atoms with Gasteiger partial charge in [0.15, 0.2) is 0 Å². The molecular weight excluding hydrogens is 570 g/mol. The molecule has 0 saturated carbocycles. The van der Waals surface area contributed by atoms with Gasteiger partial charge in [-0.3, -0.25) is 14.5 Å². The number of amides is 3. The van der Waals surface area contributed by atoms with Crippen molar-refractivity contribution < 1.29 is 28.7 Å². The van der Waals surface area contributed by atoms with Gasteiger partial charge in [0.25, 0.3) is 5.91 Å². The molecule has 3 unspecified atom stereocenters. The van der Waals surface area contributed by atoms with E-state index in [0.29, 0.717) is 11.1 Å². The molecule has 0 saturated heterocycles. The van der Waals surface area contributed by atoms with E-state index in [0.717, 1.165) is 16.0 Å². The van der Waals surface area contributed by atoms with Crippen LogP contribution in [-0.4, -0.2) is 52.1 Å². The van der Waals surface area contributed by atoms with E-state index in [1.54, 1.807) is 47.6 Å². The van der Waals surface area contributed by atoms with Crippen molar-refractivity contribution in [3.63, 3.8) is 0 Å². The van der Waals surface area contributed by atoms with Crippen LogP contribution in [0.25, 0.3) is 0 Å². The van der Waals surface area contributed by atoms with Crippen molar-refractivity contribution in [3.8, 4) is 12.5 Å². The second-order valence-electron chi connectivity index (χ2n) is 13.7. The Morgan fingerprint density at radius 1 is 0.867 bits per heavy atom. The molecule has 0 fully saturated rings. The first-order chi connectivity index (χ1) is 20.8. The van der Waals surface area contributed by atoms with E-state index < -0.39 is 53.2 Å². The highest BCUT2D eigenvalue weighted by molar-refractivity contribution is 5.95. The lowest BCUT2D eigenvalue weighted by atomic mass is 9.95. The summed E-state index contributed by atoms with van der Waals surface area (Å²) in [6.07, 6.45) is 5.59. The molecule has 0 aliphatic heterocycles. The number of nitrogens with zero attached hydrogens (tertiary/aromatic N) is 1. The molecule has 3 atom stereocenters. The number of alkyl carbamates (subject to hydrolysis) is 1. The van der Waals surface area contributed by atoms with Gasteiger partial charge in [0.1, 0.15) is 29.3 Å². The Morgan fingerprint density at radius 2 is 1.47 bits per heavy atom. The van der Waals surface area contributed by atoms with Crippen LogP contribution in [0.5, 0.6) is 0 Å². The molecule has 9 heteroatoms. The lowest BCUT2D eigenvalue weighted by Crippen LogP contribution is -2.54. The second kappa shape index (κ2) is 15.6. The van der Waals surface area contributed by atoms with Gasteiger partial charge in [0.2, 0.25) is 5.91 Å². The molecule has 2 rings (SSSR count). The lowest BCUT2D eigenvalue weighted by Gasteiger charge is -2.33. The number of carbonyl (C=O) groups is 4. The number of terminal acetylenes is 1. The largest absolute Gasteiger partial charge is 0.458 e. The number of rotatable bonds is 11. The Bertz CT molecular complexity index is 1380. The first-order valence-corrected chi connectivity index (χ1v) is 15.2. The van der Waals surface area contributed by atoms with E-state index in [-0.39, 0.29) is 18.8 Å². The smallest absolute Gasteiger partial charge is 0.408 e. The fourth-order valence-corrected chi connectivity index (χ4v) is 4.69. The van der Waals surface area contributed by atoms with Crippen LogP contribution in [0.15, 0.2) is 48.5 Å². The Balaban J connectivity index is 2.60. The number of nitrogens with one attached hydrogen (secondary N) is 2. The molecule has 0 aliphatic rings. The summed E-state index contributed by atoms with van der Waals surface area (Å²) < 4.78 is 11.1.